The van der Waals surface area contributed by atoms with Gasteiger partial charge >= 0.3 is 5.97 Å². The number of ether oxygens (including phenoxy) is 1. The standard InChI is InChI=1S/C7H12O2S2/c1-5-7(8)9-6(11-5)3-4-10-2/h5-6H,3-4H2,1-2H3. The Hall–Kier alpha value is 0.170. The monoisotopic (exact) mass is 192 g/mol. The molecule has 0 aromatic rings. The molecule has 1 heterocycles. The van der Waals surface area contributed by atoms with Gasteiger partial charge in [0.05, 0.1) is 0 Å². The second kappa shape index (κ2) is 4.26. The summed E-state index contributed by atoms with van der Waals surface area (Å²) in [6.45, 7) is 1.89. The van der Waals surface area contributed by atoms with Crippen LogP contribution < -0.4 is 0 Å². The largest absolute Gasteiger partial charge is 0.450 e. The zero-order valence-electron chi connectivity index (χ0n) is 6.70. The lowest BCUT2D eigenvalue weighted by Gasteiger charge is -2.05. The highest BCUT2D eigenvalue weighted by atomic mass is 32.2. The van der Waals surface area contributed by atoms with Crippen LogP contribution in [0.15, 0.2) is 0 Å². The molecule has 0 spiro atoms. The van der Waals surface area contributed by atoms with Crippen molar-refractivity contribution in [3.63, 3.8) is 0 Å². The van der Waals surface area contributed by atoms with Crippen LogP contribution in [-0.2, 0) is 9.53 Å². The van der Waals surface area contributed by atoms with Gasteiger partial charge in [0.15, 0.2) is 0 Å². The summed E-state index contributed by atoms with van der Waals surface area (Å²) in [5.41, 5.74) is 0.116. The molecule has 0 aromatic carbocycles. The molecule has 0 aromatic heterocycles. The third-order valence-corrected chi connectivity index (χ3v) is 3.37. The number of rotatable bonds is 3. The zero-order chi connectivity index (χ0) is 8.27. The van der Waals surface area contributed by atoms with Gasteiger partial charge in [-0.05, 0) is 18.9 Å². The molecule has 0 amide bonds. The van der Waals surface area contributed by atoms with Crippen LogP contribution in [0, 0.1) is 0 Å². The molecule has 0 aliphatic carbocycles. The van der Waals surface area contributed by atoms with E-state index in [0.29, 0.717) is 0 Å². The lowest BCUT2D eigenvalue weighted by Crippen LogP contribution is -2.08. The van der Waals surface area contributed by atoms with Gasteiger partial charge < -0.3 is 4.74 Å². The van der Waals surface area contributed by atoms with E-state index in [2.05, 4.69) is 6.26 Å². The summed E-state index contributed by atoms with van der Waals surface area (Å²) >= 11 is 3.41. The maximum absolute atomic E-state index is 10.9. The van der Waals surface area contributed by atoms with Crippen molar-refractivity contribution >= 4 is 29.5 Å². The molecule has 4 heteroatoms. The van der Waals surface area contributed by atoms with Crippen LogP contribution in [0.4, 0.5) is 0 Å². The fourth-order valence-electron chi connectivity index (χ4n) is 0.877. The summed E-state index contributed by atoms with van der Waals surface area (Å²) in [6.07, 6.45) is 3.03. The van der Waals surface area contributed by atoms with Crippen LogP contribution in [0.25, 0.3) is 0 Å². The minimum absolute atomic E-state index is 0.0434. The zero-order valence-corrected chi connectivity index (χ0v) is 8.33. The minimum atomic E-state index is -0.0545. The van der Waals surface area contributed by atoms with E-state index in [1.807, 2.05) is 6.92 Å². The number of cyclic esters (lactones) is 1. The molecule has 11 heavy (non-hydrogen) atoms. The van der Waals surface area contributed by atoms with E-state index in [1.165, 1.54) is 0 Å². The molecule has 2 unspecified atom stereocenters. The molecule has 0 saturated carbocycles. The summed E-state index contributed by atoms with van der Waals surface area (Å²) in [5, 5.41) is 0.0434. The predicted octanol–water partition coefficient (Wildman–Crippen LogP) is 1.74. The molecule has 1 fully saturated rings. The molecule has 0 radical (unpaired) electrons. The highest BCUT2D eigenvalue weighted by Crippen LogP contribution is 2.30. The van der Waals surface area contributed by atoms with Crippen molar-refractivity contribution in [2.45, 2.75) is 24.0 Å². The fraction of sp³-hybridized carbons (Fsp3) is 0.857. The fourth-order valence-corrected chi connectivity index (χ4v) is 2.50. The van der Waals surface area contributed by atoms with Crippen molar-refractivity contribution in [2.24, 2.45) is 0 Å². The molecule has 1 aliphatic rings. The topological polar surface area (TPSA) is 26.3 Å². The lowest BCUT2D eigenvalue weighted by molar-refractivity contribution is -0.142. The van der Waals surface area contributed by atoms with Crippen molar-refractivity contribution in [2.75, 3.05) is 12.0 Å². The van der Waals surface area contributed by atoms with E-state index in [-0.39, 0.29) is 16.7 Å². The molecular weight excluding hydrogens is 180 g/mol. The minimum Gasteiger partial charge on any atom is -0.450 e. The molecular formula is C7H12O2S2. The van der Waals surface area contributed by atoms with E-state index in [9.17, 15) is 4.79 Å². The molecule has 2 atom stereocenters. The Morgan fingerprint density at radius 3 is 2.91 bits per heavy atom. The van der Waals surface area contributed by atoms with Gasteiger partial charge in [-0.2, -0.15) is 11.8 Å². The Bertz CT molecular complexity index is 149. The normalized spacial score (nSPS) is 30.5. The lowest BCUT2D eigenvalue weighted by atomic mass is 10.5. The first-order chi connectivity index (χ1) is 5.24. The van der Waals surface area contributed by atoms with Crippen molar-refractivity contribution in [1.29, 1.82) is 0 Å². The quantitative estimate of drug-likeness (QED) is 0.636. The summed E-state index contributed by atoms with van der Waals surface area (Å²) in [4.78, 5) is 10.9. The van der Waals surface area contributed by atoms with Crippen molar-refractivity contribution in [3.8, 4) is 0 Å². The van der Waals surface area contributed by atoms with E-state index in [1.54, 1.807) is 23.5 Å². The highest BCUT2D eigenvalue weighted by molar-refractivity contribution is 8.01. The Kier molecular flexibility index (Phi) is 3.59. The van der Waals surface area contributed by atoms with Crippen molar-refractivity contribution in [3.05, 3.63) is 0 Å². The van der Waals surface area contributed by atoms with Crippen LogP contribution >= 0.6 is 23.5 Å². The van der Waals surface area contributed by atoms with Crippen molar-refractivity contribution in [1.82, 2.24) is 0 Å². The van der Waals surface area contributed by atoms with Gasteiger partial charge in [0, 0.05) is 6.42 Å². The van der Waals surface area contributed by atoms with Crippen LogP contribution in [0.1, 0.15) is 13.3 Å². The first kappa shape index (κ1) is 9.26. The summed E-state index contributed by atoms with van der Waals surface area (Å²) < 4.78 is 5.09. The van der Waals surface area contributed by atoms with E-state index in [0.717, 1.165) is 12.2 Å². The second-order valence-electron chi connectivity index (χ2n) is 2.43. The number of esters is 1. The Balaban J connectivity index is 2.24. The molecule has 0 bridgehead atoms. The SMILES string of the molecule is CSCCC1OC(=O)C(C)S1. The van der Waals surface area contributed by atoms with E-state index in [4.69, 9.17) is 4.74 Å². The van der Waals surface area contributed by atoms with Crippen LogP contribution in [0.2, 0.25) is 0 Å². The summed E-state index contributed by atoms with van der Waals surface area (Å²) in [7, 11) is 0. The number of thioether (sulfide) groups is 2. The molecule has 1 rings (SSSR count). The number of carbonyl (C=O) groups is 1. The number of carbonyl (C=O) groups excluding carboxylic acids is 1. The predicted molar refractivity (Wildman–Crippen MR) is 49.9 cm³/mol. The molecule has 1 saturated heterocycles. The number of hydrogen-bond donors (Lipinski definition) is 0. The Labute approximate surface area is 75.4 Å². The first-order valence-electron chi connectivity index (χ1n) is 3.59. The average molecular weight is 192 g/mol. The van der Waals surface area contributed by atoms with E-state index >= 15 is 0 Å². The highest BCUT2D eigenvalue weighted by Gasteiger charge is 2.30. The van der Waals surface area contributed by atoms with Gasteiger partial charge in [-0.15, -0.1) is 11.8 Å². The maximum Gasteiger partial charge on any atom is 0.320 e. The van der Waals surface area contributed by atoms with Gasteiger partial charge in [0.1, 0.15) is 10.7 Å². The molecule has 64 valence electrons. The summed E-state index contributed by atoms with van der Waals surface area (Å²) in [6, 6.07) is 0. The molecule has 0 N–H and O–H groups in total. The summed E-state index contributed by atoms with van der Waals surface area (Å²) in [5.74, 6) is 1.01. The van der Waals surface area contributed by atoms with Crippen LogP contribution in [0.5, 0.6) is 0 Å². The smallest absolute Gasteiger partial charge is 0.320 e. The van der Waals surface area contributed by atoms with E-state index < -0.39 is 0 Å². The molecule has 1 aliphatic heterocycles. The van der Waals surface area contributed by atoms with Gasteiger partial charge in [-0.1, -0.05) is 0 Å². The Morgan fingerprint density at radius 1 is 1.73 bits per heavy atom. The third kappa shape index (κ3) is 2.60. The average Bonchev–Trinajstić information content (AvgIpc) is 2.28. The first-order valence-corrected chi connectivity index (χ1v) is 5.92. The number of hydrogen-bond acceptors (Lipinski definition) is 4. The van der Waals surface area contributed by atoms with Gasteiger partial charge in [-0.25, -0.2) is 0 Å². The second-order valence-corrected chi connectivity index (χ2v) is 4.92. The van der Waals surface area contributed by atoms with Gasteiger partial charge in [0.25, 0.3) is 0 Å². The third-order valence-electron chi connectivity index (χ3n) is 1.49. The van der Waals surface area contributed by atoms with Crippen LogP contribution in [-0.4, -0.2) is 28.7 Å². The van der Waals surface area contributed by atoms with Crippen molar-refractivity contribution < 1.29 is 9.53 Å². The Morgan fingerprint density at radius 2 is 2.45 bits per heavy atom. The van der Waals surface area contributed by atoms with Crippen LogP contribution in [0.3, 0.4) is 0 Å². The van der Waals surface area contributed by atoms with Gasteiger partial charge in [0.2, 0.25) is 0 Å². The molecule has 2 nitrogen and oxygen atoms in total. The maximum atomic E-state index is 10.9. The van der Waals surface area contributed by atoms with Gasteiger partial charge in [-0.3, -0.25) is 4.79 Å².